The first-order valence-corrected chi connectivity index (χ1v) is 27.2. The SMILES string of the molecule is CC/C=C\C/C=C\C/C=C\C/C=C\CCCCCCCCC(=O)OCC(COC(=O)CCCCCCC/C=C\CCCCC)OC(=O)CCC/C=C\C/C=C\C/C=C\CCCCCCCC. The van der Waals surface area contributed by atoms with Crippen molar-refractivity contribution in [2.75, 3.05) is 13.2 Å². The fraction of sp³-hybridized carbons (Fsp3) is 0.683. The van der Waals surface area contributed by atoms with Crippen LogP contribution in [0.1, 0.15) is 245 Å². The number of allylic oxidation sites excluding steroid dienone is 16. The van der Waals surface area contributed by atoms with Gasteiger partial charge in [-0.05, 0) is 116 Å². The molecule has 0 aromatic rings. The van der Waals surface area contributed by atoms with Gasteiger partial charge in [-0.15, -0.1) is 0 Å². The molecule has 6 heteroatoms. The molecule has 0 spiro atoms. The zero-order valence-corrected chi connectivity index (χ0v) is 42.9. The summed E-state index contributed by atoms with van der Waals surface area (Å²) in [6.45, 7) is 6.43. The molecule has 0 N–H and O–H groups in total. The maximum atomic E-state index is 12.8. The molecule has 0 heterocycles. The first-order valence-electron chi connectivity index (χ1n) is 27.2. The number of hydrogen-bond acceptors (Lipinski definition) is 6. The number of unbranched alkanes of at least 4 members (excludes halogenated alkanes) is 21. The predicted octanol–water partition coefficient (Wildman–Crippen LogP) is 18.1. The van der Waals surface area contributed by atoms with E-state index in [1.807, 2.05) is 0 Å². The molecule has 0 rings (SSSR count). The maximum Gasteiger partial charge on any atom is 0.306 e. The lowest BCUT2D eigenvalue weighted by atomic mass is 10.1. The summed E-state index contributed by atoms with van der Waals surface area (Å²) < 4.78 is 16.8. The molecule has 1 unspecified atom stereocenters. The molecular weight excluding hydrogens is 817 g/mol. The molecule has 0 radical (unpaired) electrons. The zero-order chi connectivity index (χ0) is 47.9. The van der Waals surface area contributed by atoms with Crippen molar-refractivity contribution in [1.29, 1.82) is 0 Å². The quantitative estimate of drug-likeness (QED) is 0.0262. The van der Waals surface area contributed by atoms with Crippen LogP contribution in [-0.4, -0.2) is 37.2 Å². The van der Waals surface area contributed by atoms with Gasteiger partial charge in [0.25, 0.3) is 0 Å². The van der Waals surface area contributed by atoms with Crippen molar-refractivity contribution in [2.24, 2.45) is 0 Å². The van der Waals surface area contributed by atoms with E-state index in [2.05, 4.69) is 118 Å². The van der Waals surface area contributed by atoms with E-state index in [-0.39, 0.29) is 37.5 Å². The Morgan fingerprint density at radius 1 is 0.318 bits per heavy atom. The summed E-state index contributed by atoms with van der Waals surface area (Å²) in [6, 6.07) is 0. The van der Waals surface area contributed by atoms with Gasteiger partial charge < -0.3 is 14.2 Å². The Kier molecular flexibility index (Phi) is 50.9. The van der Waals surface area contributed by atoms with E-state index in [1.165, 1.54) is 89.9 Å². The number of esters is 3. The van der Waals surface area contributed by atoms with Crippen LogP contribution in [0.2, 0.25) is 0 Å². The molecule has 6 nitrogen and oxygen atoms in total. The molecular formula is C60H100O6. The topological polar surface area (TPSA) is 78.9 Å². The van der Waals surface area contributed by atoms with Crippen molar-refractivity contribution in [3.8, 4) is 0 Å². The molecule has 0 aromatic carbocycles. The summed E-state index contributed by atoms with van der Waals surface area (Å²) in [5.74, 6) is -0.984. The molecule has 376 valence electrons. The molecule has 0 amide bonds. The van der Waals surface area contributed by atoms with Gasteiger partial charge in [-0.25, -0.2) is 0 Å². The number of hydrogen-bond donors (Lipinski definition) is 0. The van der Waals surface area contributed by atoms with E-state index in [4.69, 9.17) is 14.2 Å². The summed E-state index contributed by atoms with van der Waals surface area (Å²) in [7, 11) is 0. The number of ether oxygens (including phenoxy) is 3. The number of carbonyl (C=O) groups excluding carboxylic acids is 3. The third kappa shape index (κ3) is 51.3. The molecule has 0 aromatic heterocycles. The largest absolute Gasteiger partial charge is 0.462 e. The summed E-state index contributed by atoms with van der Waals surface area (Å²) >= 11 is 0. The molecule has 0 aliphatic carbocycles. The molecule has 66 heavy (non-hydrogen) atoms. The van der Waals surface area contributed by atoms with Gasteiger partial charge in [0.2, 0.25) is 0 Å². The lowest BCUT2D eigenvalue weighted by Crippen LogP contribution is -2.30. The molecule has 0 aliphatic rings. The normalized spacial score (nSPS) is 12.8. The third-order valence-electron chi connectivity index (χ3n) is 11.3. The Morgan fingerprint density at radius 3 is 1.02 bits per heavy atom. The highest BCUT2D eigenvalue weighted by Gasteiger charge is 2.19. The van der Waals surface area contributed by atoms with Crippen molar-refractivity contribution in [1.82, 2.24) is 0 Å². The van der Waals surface area contributed by atoms with E-state index < -0.39 is 6.10 Å². The Morgan fingerprint density at radius 2 is 0.606 bits per heavy atom. The van der Waals surface area contributed by atoms with Crippen LogP contribution >= 0.6 is 0 Å². The smallest absolute Gasteiger partial charge is 0.306 e. The van der Waals surface area contributed by atoms with Crippen LogP contribution in [-0.2, 0) is 28.6 Å². The first-order chi connectivity index (χ1) is 32.5. The fourth-order valence-corrected chi connectivity index (χ4v) is 7.21. The Balaban J connectivity index is 4.48. The zero-order valence-electron chi connectivity index (χ0n) is 42.9. The van der Waals surface area contributed by atoms with Gasteiger partial charge in [-0.2, -0.15) is 0 Å². The van der Waals surface area contributed by atoms with E-state index >= 15 is 0 Å². The predicted molar refractivity (Wildman–Crippen MR) is 284 cm³/mol. The van der Waals surface area contributed by atoms with Gasteiger partial charge >= 0.3 is 17.9 Å². The van der Waals surface area contributed by atoms with Crippen LogP contribution in [0.3, 0.4) is 0 Å². The minimum atomic E-state index is -0.814. The summed E-state index contributed by atoms with van der Waals surface area (Å²) in [6.07, 6.45) is 71.1. The van der Waals surface area contributed by atoms with Crippen LogP contribution in [0, 0.1) is 0 Å². The second-order valence-corrected chi connectivity index (χ2v) is 17.7. The molecule has 1 atom stereocenters. The van der Waals surface area contributed by atoms with Crippen molar-refractivity contribution in [3.05, 3.63) is 97.2 Å². The summed E-state index contributed by atoms with van der Waals surface area (Å²) in [5.41, 5.74) is 0. The van der Waals surface area contributed by atoms with Gasteiger partial charge in [0.1, 0.15) is 13.2 Å². The van der Waals surface area contributed by atoms with Crippen LogP contribution in [0.5, 0.6) is 0 Å². The van der Waals surface area contributed by atoms with Gasteiger partial charge in [0.15, 0.2) is 6.10 Å². The van der Waals surface area contributed by atoms with E-state index in [9.17, 15) is 14.4 Å². The van der Waals surface area contributed by atoms with Gasteiger partial charge in [-0.3, -0.25) is 14.4 Å². The van der Waals surface area contributed by atoms with Gasteiger partial charge in [0.05, 0.1) is 0 Å². The van der Waals surface area contributed by atoms with E-state index in [0.717, 1.165) is 109 Å². The minimum Gasteiger partial charge on any atom is -0.462 e. The van der Waals surface area contributed by atoms with Crippen molar-refractivity contribution in [3.63, 3.8) is 0 Å². The van der Waals surface area contributed by atoms with Crippen LogP contribution in [0.15, 0.2) is 97.2 Å². The standard InChI is InChI=1S/C60H100O6/c1-4-7-10-13-16-19-22-25-27-29-30-32-33-35-38-41-44-47-50-53-59(62)65-56-57(55-64-58(61)52-49-46-43-40-37-24-21-18-15-12-9-6-3)66-60(63)54-51-48-45-42-39-36-34-31-28-26-23-20-17-14-11-8-5-2/h7,10,16,18-19,21,25-28,30,32,34,36,42,45,57H,4-6,8-9,11-15,17,20,22-24,29,31,33,35,37-41,43-44,46-56H2,1-3H3/b10-7-,19-16-,21-18-,27-25-,28-26-,32-30-,36-34-,45-42-. The summed E-state index contributed by atoms with van der Waals surface area (Å²) in [4.78, 5) is 38.0. The van der Waals surface area contributed by atoms with Crippen LogP contribution < -0.4 is 0 Å². The number of rotatable bonds is 48. The van der Waals surface area contributed by atoms with Crippen molar-refractivity contribution < 1.29 is 28.6 Å². The van der Waals surface area contributed by atoms with Gasteiger partial charge in [0, 0.05) is 19.3 Å². The Hall–Kier alpha value is -3.67. The highest BCUT2D eigenvalue weighted by atomic mass is 16.6. The lowest BCUT2D eigenvalue weighted by molar-refractivity contribution is -0.167. The summed E-state index contributed by atoms with van der Waals surface area (Å²) in [5, 5.41) is 0. The fourth-order valence-electron chi connectivity index (χ4n) is 7.21. The van der Waals surface area contributed by atoms with Crippen molar-refractivity contribution in [2.45, 2.75) is 252 Å². The lowest BCUT2D eigenvalue weighted by Gasteiger charge is -2.18. The second kappa shape index (κ2) is 53.9. The second-order valence-electron chi connectivity index (χ2n) is 17.7. The monoisotopic (exact) mass is 917 g/mol. The van der Waals surface area contributed by atoms with E-state index in [0.29, 0.717) is 19.3 Å². The molecule has 0 saturated heterocycles. The Bertz CT molecular complexity index is 1330. The van der Waals surface area contributed by atoms with Crippen molar-refractivity contribution >= 4 is 17.9 Å². The first kappa shape index (κ1) is 62.3. The number of carbonyl (C=O) groups is 3. The van der Waals surface area contributed by atoms with Gasteiger partial charge in [-0.1, -0.05) is 208 Å². The average Bonchev–Trinajstić information content (AvgIpc) is 3.31. The van der Waals surface area contributed by atoms with Crippen LogP contribution in [0.25, 0.3) is 0 Å². The minimum absolute atomic E-state index is 0.107. The molecule has 0 fully saturated rings. The highest BCUT2D eigenvalue weighted by molar-refractivity contribution is 5.71. The third-order valence-corrected chi connectivity index (χ3v) is 11.3. The Labute approximate surface area is 407 Å². The highest BCUT2D eigenvalue weighted by Crippen LogP contribution is 2.13. The maximum absolute atomic E-state index is 12.8. The molecule has 0 aliphatic heterocycles. The van der Waals surface area contributed by atoms with Crippen LogP contribution in [0.4, 0.5) is 0 Å². The molecule has 0 bridgehead atoms. The average molecular weight is 917 g/mol. The van der Waals surface area contributed by atoms with E-state index in [1.54, 1.807) is 0 Å². The molecule has 0 saturated carbocycles.